The van der Waals surface area contributed by atoms with Crippen LogP contribution in [0.15, 0.2) is 73.3 Å². The molecule has 2 aromatic carbocycles. The molecule has 0 unspecified atom stereocenters. The number of rotatable bonds is 6. The molecule has 1 saturated heterocycles. The first-order chi connectivity index (χ1) is 17.1. The van der Waals surface area contributed by atoms with Gasteiger partial charge in [0, 0.05) is 24.4 Å². The summed E-state index contributed by atoms with van der Waals surface area (Å²) < 4.78 is 20.6. The maximum absolute atomic E-state index is 7.66. The SMILES string of the molecule is C=CC[C@@H]1[C@H]2CC3(C[C@H]2C[C@H]1O[Si](c1ccccc1)(c1ccccc1)C(C)(C)C)OCC(C)(C)CO3. The standard InChI is InChI=1S/C32H44O3Si/c1-7-14-27-28-21-32(33-22-31(5,6)23-34-32)20-24(28)19-29(27)35-36(30(2,3)4,25-15-10-8-11-16-25)26-17-12-9-13-18-26/h7-13,15-18,24,27-29H,1,14,19-23H2,2-6H3/t24-,27-,28+,29-/m1/s1. The van der Waals surface area contributed by atoms with Crippen LogP contribution >= 0.6 is 0 Å². The van der Waals surface area contributed by atoms with E-state index in [0.29, 0.717) is 17.8 Å². The maximum Gasteiger partial charge on any atom is 0.261 e. The van der Waals surface area contributed by atoms with Crippen LogP contribution in [0, 0.1) is 23.2 Å². The summed E-state index contributed by atoms with van der Waals surface area (Å²) in [5.74, 6) is 1.16. The largest absolute Gasteiger partial charge is 0.404 e. The quantitative estimate of drug-likeness (QED) is 0.340. The van der Waals surface area contributed by atoms with Gasteiger partial charge in [0.25, 0.3) is 8.32 Å². The molecule has 0 aromatic heterocycles. The van der Waals surface area contributed by atoms with Gasteiger partial charge in [-0.05, 0) is 46.0 Å². The monoisotopic (exact) mass is 504 g/mol. The summed E-state index contributed by atoms with van der Waals surface area (Å²) in [4.78, 5) is 0. The van der Waals surface area contributed by atoms with Crippen LogP contribution < -0.4 is 10.4 Å². The van der Waals surface area contributed by atoms with E-state index < -0.39 is 14.1 Å². The highest BCUT2D eigenvalue weighted by Gasteiger charge is 2.60. The van der Waals surface area contributed by atoms with Crippen LogP contribution in [-0.2, 0) is 13.9 Å². The second kappa shape index (κ2) is 9.54. The van der Waals surface area contributed by atoms with Gasteiger partial charge >= 0.3 is 0 Å². The molecule has 4 heteroatoms. The first kappa shape index (κ1) is 25.9. The molecule has 2 aromatic rings. The number of hydrogen-bond acceptors (Lipinski definition) is 3. The lowest BCUT2D eigenvalue weighted by atomic mass is 9.88. The van der Waals surface area contributed by atoms with Gasteiger partial charge in [-0.3, -0.25) is 0 Å². The summed E-state index contributed by atoms with van der Waals surface area (Å²) in [6.45, 7) is 17.3. The number of fused-ring (bicyclic) bond motifs is 1. The Hall–Kier alpha value is -1.72. The molecule has 3 nitrogen and oxygen atoms in total. The van der Waals surface area contributed by atoms with Crippen molar-refractivity contribution in [1.82, 2.24) is 0 Å². The Bertz CT molecular complexity index is 993. The van der Waals surface area contributed by atoms with Gasteiger partial charge in [0.05, 0.1) is 13.2 Å². The molecule has 4 atom stereocenters. The van der Waals surface area contributed by atoms with Gasteiger partial charge in [0.2, 0.25) is 0 Å². The summed E-state index contributed by atoms with van der Waals surface area (Å²) in [6, 6.07) is 22.1. The summed E-state index contributed by atoms with van der Waals surface area (Å²) in [5, 5.41) is 2.70. The van der Waals surface area contributed by atoms with Gasteiger partial charge in [0.1, 0.15) is 0 Å². The first-order valence-electron chi connectivity index (χ1n) is 13.8. The summed E-state index contributed by atoms with van der Waals surface area (Å²) in [5.41, 5.74) is 0.0956. The van der Waals surface area contributed by atoms with E-state index in [1.54, 1.807) is 0 Å². The molecule has 0 amide bonds. The Morgan fingerprint density at radius 1 is 0.944 bits per heavy atom. The fourth-order valence-electron chi connectivity index (χ4n) is 7.21. The van der Waals surface area contributed by atoms with Crippen LogP contribution in [0.25, 0.3) is 0 Å². The molecule has 2 saturated carbocycles. The average molecular weight is 505 g/mol. The molecule has 0 N–H and O–H groups in total. The van der Waals surface area contributed by atoms with E-state index in [-0.39, 0.29) is 16.6 Å². The summed E-state index contributed by atoms with van der Waals surface area (Å²) in [6.07, 6.45) is 6.33. The number of hydrogen-bond donors (Lipinski definition) is 0. The second-order valence-electron chi connectivity index (χ2n) is 13.2. The zero-order chi connectivity index (χ0) is 25.6. The van der Waals surface area contributed by atoms with Crippen molar-refractivity contribution >= 4 is 18.7 Å². The van der Waals surface area contributed by atoms with Gasteiger partial charge in [-0.15, -0.1) is 6.58 Å². The van der Waals surface area contributed by atoms with E-state index in [2.05, 4.69) is 108 Å². The van der Waals surface area contributed by atoms with Crippen molar-refractivity contribution in [2.24, 2.45) is 23.2 Å². The molecule has 1 heterocycles. The van der Waals surface area contributed by atoms with Crippen LogP contribution in [0.4, 0.5) is 0 Å². The highest BCUT2D eigenvalue weighted by molar-refractivity contribution is 6.99. The molecule has 0 radical (unpaired) electrons. The third-order valence-corrected chi connectivity index (χ3v) is 14.0. The highest BCUT2D eigenvalue weighted by Crippen LogP contribution is 2.57. The van der Waals surface area contributed by atoms with Gasteiger partial charge in [0.15, 0.2) is 5.79 Å². The molecule has 3 fully saturated rings. The van der Waals surface area contributed by atoms with Gasteiger partial charge in [-0.2, -0.15) is 0 Å². The van der Waals surface area contributed by atoms with Crippen LogP contribution in [-0.4, -0.2) is 33.4 Å². The van der Waals surface area contributed by atoms with E-state index in [1.807, 2.05) is 0 Å². The Morgan fingerprint density at radius 3 is 2.00 bits per heavy atom. The van der Waals surface area contributed by atoms with Gasteiger partial charge in [-0.25, -0.2) is 0 Å². The minimum absolute atomic E-state index is 0.0193. The Kier molecular flexibility index (Phi) is 6.87. The van der Waals surface area contributed by atoms with Crippen molar-refractivity contribution in [3.05, 3.63) is 73.3 Å². The molecule has 5 rings (SSSR count). The molecule has 2 aliphatic carbocycles. The molecular weight excluding hydrogens is 460 g/mol. The molecule has 0 bridgehead atoms. The van der Waals surface area contributed by atoms with E-state index in [9.17, 15) is 0 Å². The van der Waals surface area contributed by atoms with E-state index in [1.165, 1.54) is 10.4 Å². The zero-order valence-corrected chi connectivity index (χ0v) is 23.8. The lowest BCUT2D eigenvalue weighted by Gasteiger charge is -2.46. The number of ether oxygens (including phenoxy) is 2. The molecule has 1 aliphatic heterocycles. The second-order valence-corrected chi connectivity index (χ2v) is 17.5. The van der Waals surface area contributed by atoms with Crippen LogP contribution in [0.5, 0.6) is 0 Å². The lowest BCUT2D eigenvalue weighted by Crippen LogP contribution is -2.68. The molecular formula is C32H44O3Si. The Morgan fingerprint density at radius 2 is 1.50 bits per heavy atom. The highest BCUT2D eigenvalue weighted by atomic mass is 28.4. The zero-order valence-electron chi connectivity index (χ0n) is 22.8. The van der Waals surface area contributed by atoms with Crippen LogP contribution in [0.1, 0.15) is 60.3 Å². The van der Waals surface area contributed by atoms with E-state index in [4.69, 9.17) is 13.9 Å². The molecule has 1 spiro atoms. The Balaban J connectivity index is 1.49. The van der Waals surface area contributed by atoms with Gasteiger partial charge in [-0.1, -0.05) is 101 Å². The van der Waals surface area contributed by atoms with Gasteiger partial charge < -0.3 is 13.9 Å². The first-order valence-corrected chi connectivity index (χ1v) is 15.7. The Labute approximate surface area is 219 Å². The van der Waals surface area contributed by atoms with Crippen molar-refractivity contribution in [2.45, 2.75) is 77.2 Å². The fourth-order valence-corrected chi connectivity index (χ4v) is 12.0. The predicted molar refractivity (Wildman–Crippen MR) is 150 cm³/mol. The minimum Gasteiger partial charge on any atom is -0.404 e. The average Bonchev–Trinajstić information content (AvgIpc) is 3.35. The van der Waals surface area contributed by atoms with Crippen molar-refractivity contribution in [3.8, 4) is 0 Å². The van der Waals surface area contributed by atoms with Crippen LogP contribution in [0.2, 0.25) is 5.04 Å². The lowest BCUT2D eigenvalue weighted by molar-refractivity contribution is -0.298. The third kappa shape index (κ3) is 4.55. The molecule has 36 heavy (non-hydrogen) atoms. The number of allylic oxidation sites excluding steroid dienone is 1. The summed E-state index contributed by atoms with van der Waals surface area (Å²) >= 11 is 0. The van der Waals surface area contributed by atoms with E-state index in [0.717, 1.165) is 38.9 Å². The third-order valence-electron chi connectivity index (χ3n) is 8.92. The topological polar surface area (TPSA) is 27.7 Å². The summed E-state index contributed by atoms with van der Waals surface area (Å²) in [7, 11) is -2.60. The van der Waals surface area contributed by atoms with Crippen molar-refractivity contribution < 1.29 is 13.9 Å². The van der Waals surface area contributed by atoms with Crippen molar-refractivity contribution in [1.29, 1.82) is 0 Å². The maximum atomic E-state index is 7.66. The molecule has 194 valence electrons. The van der Waals surface area contributed by atoms with Crippen LogP contribution in [0.3, 0.4) is 0 Å². The van der Waals surface area contributed by atoms with Crippen molar-refractivity contribution in [3.63, 3.8) is 0 Å². The van der Waals surface area contributed by atoms with Crippen molar-refractivity contribution in [2.75, 3.05) is 13.2 Å². The predicted octanol–water partition coefficient (Wildman–Crippen LogP) is 6.32. The normalized spacial score (nSPS) is 29.2. The smallest absolute Gasteiger partial charge is 0.261 e. The number of benzene rings is 2. The fraction of sp³-hybridized carbons (Fsp3) is 0.562. The molecule has 3 aliphatic rings. The van der Waals surface area contributed by atoms with E-state index >= 15 is 0 Å². The minimum atomic E-state index is -2.60.